The normalized spacial score (nSPS) is 29.8. The smallest absolute Gasteiger partial charge is 0.228 e. The number of fused-ring (bicyclic) bond motifs is 1. The van der Waals surface area contributed by atoms with Crippen LogP contribution in [0.15, 0.2) is 29.2 Å². The third-order valence-corrected chi connectivity index (χ3v) is 5.26. The first-order valence-electron chi connectivity index (χ1n) is 6.96. The second-order valence-corrected chi connectivity index (χ2v) is 6.43. The fourth-order valence-corrected chi connectivity index (χ4v) is 4.17. The van der Waals surface area contributed by atoms with E-state index < -0.39 is 0 Å². The Morgan fingerprint density at radius 1 is 1.26 bits per heavy atom. The summed E-state index contributed by atoms with van der Waals surface area (Å²) >= 11 is 1.74. The van der Waals surface area contributed by atoms with Crippen LogP contribution in [0.25, 0.3) is 0 Å². The van der Waals surface area contributed by atoms with Gasteiger partial charge in [0.2, 0.25) is 5.91 Å². The van der Waals surface area contributed by atoms with Gasteiger partial charge in [-0.05, 0) is 24.5 Å². The zero-order valence-electron chi connectivity index (χ0n) is 10.8. The molecule has 19 heavy (non-hydrogen) atoms. The summed E-state index contributed by atoms with van der Waals surface area (Å²) in [5.74, 6) is 0.826. The summed E-state index contributed by atoms with van der Waals surface area (Å²) < 4.78 is 0. The Kier molecular flexibility index (Phi) is 3.80. The average molecular weight is 277 g/mol. The summed E-state index contributed by atoms with van der Waals surface area (Å²) in [6, 6.07) is 8.05. The van der Waals surface area contributed by atoms with Crippen molar-refractivity contribution in [3.63, 3.8) is 0 Å². The lowest BCUT2D eigenvalue weighted by Crippen LogP contribution is -2.46. The lowest BCUT2D eigenvalue weighted by Gasteiger charge is -2.29. The van der Waals surface area contributed by atoms with Gasteiger partial charge in [0.25, 0.3) is 0 Å². The topological polar surface area (TPSA) is 49.3 Å². The fraction of sp³-hybridized carbons (Fsp3) is 0.533. The van der Waals surface area contributed by atoms with Crippen molar-refractivity contribution in [2.75, 3.05) is 5.75 Å². The minimum absolute atomic E-state index is 0.0565. The Morgan fingerprint density at radius 2 is 2.05 bits per heavy atom. The molecule has 3 unspecified atom stereocenters. The Hall–Kier alpha value is -1.00. The number of aliphatic hydroxyl groups excluding tert-OH is 1. The number of benzene rings is 1. The van der Waals surface area contributed by atoms with Crippen molar-refractivity contribution in [3.8, 4) is 0 Å². The predicted molar refractivity (Wildman–Crippen MR) is 76.3 cm³/mol. The van der Waals surface area contributed by atoms with Gasteiger partial charge in [-0.3, -0.25) is 4.79 Å². The van der Waals surface area contributed by atoms with Crippen molar-refractivity contribution in [2.24, 2.45) is 0 Å². The van der Waals surface area contributed by atoms with E-state index in [4.69, 9.17) is 0 Å². The maximum atomic E-state index is 12.4. The molecule has 0 bridgehead atoms. The van der Waals surface area contributed by atoms with E-state index in [1.165, 1.54) is 4.90 Å². The number of thioether (sulfide) groups is 1. The van der Waals surface area contributed by atoms with Crippen LogP contribution in [0.5, 0.6) is 0 Å². The van der Waals surface area contributed by atoms with Crippen LogP contribution in [0.3, 0.4) is 0 Å². The van der Waals surface area contributed by atoms with Crippen molar-refractivity contribution in [2.45, 2.75) is 48.6 Å². The number of aliphatic hydroxyl groups is 1. The highest BCUT2D eigenvalue weighted by molar-refractivity contribution is 7.99. The zero-order chi connectivity index (χ0) is 13.2. The molecule has 0 aromatic heterocycles. The molecule has 2 N–H and O–H groups in total. The minimum atomic E-state index is -0.373. The maximum absolute atomic E-state index is 12.4. The van der Waals surface area contributed by atoms with Crippen LogP contribution in [0.2, 0.25) is 0 Å². The molecule has 102 valence electrons. The van der Waals surface area contributed by atoms with E-state index in [-0.39, 0.29) is 24.0 Å². The summed E-state index contributed by atoms with van der Waals surface area (Å²) in [6.07, 6.45) is 3.49. The first-order valence-corrected chi connectivity index (χ1v) is 7.94. The third-order valence-electron chi connectivity index (χ3n) is 4.07. The Morgan fingerprint density at radius 3 is 2.89 bits per heavy atom. The minimum Gasteiger partial charge on any atom is -0.391 e. The summed E-state index contributed by atoms with van der Waals surface area (Å²) in [4.78, 5) is 13.6. The van der Waals surface area contributed by atoms with Crippen molar-refractivity contribution >= 4 is 17.7 Å². The molecular formula is C15H19NO2S. The molecule has 2 aliphatic rings. The molecule has 3 nitrogen and oxygen atoms in total. The molecule has 0 saturated heterocycles. The van der Waals surface area contributed by atoms with Gasteiger partial charge < -0.3 is 10.4 Å². The lowest BCUT2D eigenvalue weighted by atomic mass is 9.91. The Bertz CT molecular complexity index is 477. The summed E-state index contributed by atoms with van der Waals surface area (Å²) in [7, 11) is 0. The van der Waals surface area contributed by atoms with Crippen LogP contribution in [0, 0.1) is 0 Å². The van der Waals surface area contributed by atoms with Crippen LogP contribution in [0.4, 0.5) is 0 Å². The monoisotopic (exact) mass is 277 g/mol. The third kappa shape index (κ3) is 2.65. The highest BCUT2D eigenvalue weighted by Gasteiger charge is 2.32. The van der Waals surface area contributed by atoms with Gasteiger partial charge >= 0.3 is 0 Å². The number of carbonyl (C=O) groups excluding carboxylic acids is 1. The second-order valence-electron chi connectivity index (χ2n) is 5.37. The largest absolute Gasteiger partial charge is 0.391 e. The number of carbonyl (C=O) groups is 1. The SMILES string of the molecule is O=C(NC1CCCCC1O)C1CSc2ccccc21. The first-order chi connectivity index (χ1) is 9.25. The van der Waals surface area contributed by atoms with E-state index in [2.05, 4.69) is 11.4 Å². The molecule has 3 rings (SSSR count). The van der Waals surface area contributed by atoms with E-state index >= 15 is 0 Å². The quantitative estimate of drug-likeness (QED) is 0.872. The van der Waals surface area contributed by atoms with Crippen LogP contribution in [-0.2, 0) is 4.79 Å². The number of rotatable bonds is 2. The standard InChI is InChI=1S/C15H19NO2S/c17-13-7-3-2-6-12(13)16-15(18)11-9-19-14-8-4-1-5-10(11)14/h1,4-5,8,11-13,17H,2-3,6-7,9H2,(H,16,18). The maximum Gasteiger partial charge on any atom is 0.228 e. The molecule has 0 spiro atoms. The number of hydrogen-bond acceptors (Lipinski definition) is 3. The molecule has 1 aliphatic carbocycles. The van der Waals surface area contributed by atoms with Gasteiger partial charge in [-0.25, -0.2) is 0 Å². The van der Waals surface area contributed by atoms with E-state index in [1.54, 1.807) is 11.8 Å². The summed E-state index contributed by atoms with van der Waals surface area (Å²) in [5.41, 5.74) is 1.13. The molecule has 0 radical (unpaired) electrons. The van der Waals surface area contributed by atoms with E-state index in [0.717, 1.165) is 37.0 Å². The number of amides is 1. The van der Waals surface area contributed by atoms with Gasteiger partial charge in [0.1, 0.15) is 0 Å². The van der Waals surface area contributed by atoms with E-state index in [9.17, 15) is 9.90 Å². The molecule has 1 aromatic rings. The summed E-state index contributed by atoms with van der Waals surface area (Å²) in [5, 5.41) is 13.0. The van der Waals surface area contributed by atoms with Crippen molar-refractivity contribution in [3.05, 3.63) is 29.8 Å². The molecule has 3 atom stereocenters. The van der Waals surface area contributed by atoms with Crippen LogP contribution >= 0.6 is 11.8 Å². The second kappa shape index (κ2) is 5.55. The van der Waals surface area contributed by atoms with Crippen LogP contribution in [-0.4, -0.2) is 28.9 Å². The van der Waals surface area contributed by atoms with Crippen LogP contribution in [0.1, 0.15) is 37.2 Å². The van der Waals surface area contributed by atoms with Gasteiger partial charge in [-0.2, -0.15) is 0 Å². The average Bonchev–Trinajstić information content (AvgIpc) is 2.85. The molecule has 1 heterocycles. The fourth-order valence-electron chi connectivity index (χ4n) is 2.94. The van der Waals surface area contributed by atoms with Gasteiger partial charge in [0.05, 0.1) is 18.1 Å². The Labute approximate surface area is 117 Å². The van der Waals surface area contributed by atoms with E-state index in [0.29, 0.717) is 0 Å². The van der Waals surface area contributed by atoms with Gasteiger partial charge in [-0.1, -0.05) is 31.0 Å². The molecular weight excluding hydrogens is 258 g/mol. The van der Waals surface area contributed by atoms with E-state index in [1.807, 2.05) is 18.2 Å². The predicted octanol–water partition coefficient (Wildman–Crippen LogP) is 2.30. The molecule has 1 amide bonds. The highest BCUT2D eigenvalue weighted by atomic mass is 32.2. The molecule has 1 fully saturated rings. The molecule has 4 heteroatoms. The van der Waals surface area contributed by atoms with Crippen molar-refractivity contribution in [1.82, 2.24) is 5.32 Å². The highest BCUT2D eigenvalue weighted by Crippen LogP contribution is 2.39. The van der Waals surface area contributed by atoms with Gasteiger partial charge in [0, 0.05) is 10.6 Å². The van der Waals surface area contributed by atoms with Crippen LogP contribution < -0.4 is 5.32 Å². The lowest BCUT2D eigenvalue weighted by molar-refractivity contribution is -0.124. The molecule has 1 aliphatic heterocycles. The van der Waals surface area contributed by atoms with Gasteiger partial charge in [-0.15, -0.1) is 11.8 Å². The van der Waals surface area contributed by atoms with Crippen molar-refractivity contribution < 1.29 is 9.90 Å². The molecule has 1 saturated carbocycles. The summed E-state index contributed by atoms with van der Waals surface area (Å²) in [6.45, 7) is 0. The first kappa shape index (κ1) is 13.0. The van der Waals surface area contributed by atoms with Crippen molar-refractivity contribution in [1.29, 1.82) is 0 Å². The number of hydrogen-bond donors (Lipinski definition) is 2. The number of nitrogens with one attached hydrogen (secondary N) is 1. The Balaban J connectivity index is 1.68. The van der Waals surface area contributed by atoms with Gasteiger partial charge in [0.15, 0.2) is 0 Å². The zero-order valence-corrected chi connectivity index (χ0v) is 11.7. The molecule has 1 aromatic carbocycles.